The molecule has 0 aromatic heterocycles. The number of rotatable bonds is 5. The fraction of sp³-hybridized carbons (Fsp3) is 1.00. The Kier molecular flexibility index (Phi) is 4.74. The summed E-state index contributed by atoms with van der Waals surface area (Å²) in [7, 11) is 0. The molecule has 78 valence electrons. The molecule has 1 saturated heterocycles. The first-order chi connectivity index (χ1) is 6.27. The van der Waals surface area contributed by atoms with Crippen LogP contribution in [0.15, 0.2) is 0 Å². The van der Waals surface area contributed by atoms with Gasteiger partial charge >= 0.3 is 0 Å². The lowest BCUT2D eigenvalue weighted by Gasteiger charge is -2.29. The molecule has 1 aliphatic rings. The highest BCUT2D eigenvalue weighted by Gasteiger charge is 2.19. The van der Waals surface area contributed by atoms with E-state index in [1.165, 1.54) is 39.0 Å². The highest BCUT2D eigenvalue weighted by atomic mass is 15.1. The van der Waals surface area contributed by atoms with Gasteiger partial charge < -0.3 is 10.2 Å². The average molecular weight is 184 g/mol. The molecule has 0 spiro atoms. The molecule has 1 fully saturated rings. The topological polar surface area (TPSA) is 15.3 Å². The maximum atomic E-state index is 3.43. The van der Waals surface area contributed by atoms with Gasteiger partial charge in [-0.15, -0.1) is 0 Å². The summed E-state index contributed by atoms with van der Waals surface area (Å²) >= 11 is 0. The van der Waals surface area contributed by atoms with Crippen molar-refractivity contribution >= 4 is 0 Å². The van der Waals surface area contributed by atoms with E-state index in [9.17, 15) is 0 Å². The summed E-state index contributed by atoms with van der Waals surface area (Å²) in [5.74, 6) is 0.897. The van der Waals surface area contributed by atoms with Crippen molar-refractivity contribution in [3.05, 3.63) is 0 Å². The van der Waals surface area contributed by atoms with Crippen molar-refractivity contribution in [2.45, 2.75) is 39.7 Å². The first-order valence-electron chi connectivity index (χ1n) is 5.72. The number of nitrogens with one attached hydrogen (secondary N) is 1. The number of hydrogen-bond acceptors (Lipinski definition) is 2. The zero-order valence-electron chi connectivity index (χ0n) is 9.34. The Morgan fingerprint density at radius 1 is 1.46 bits per heavy atom. The minimum absolute atomic E-state index is 0.755. The van der Waals surface area contributed by atoms with E-state index in [0.717, 1.165) is 12.0 Å². The van der Waals surface area contributed by atoms with Crippen molar-refractivity contribution in [3.63, 3.8) is 0 Å². The molecule has 0 radical (unpaired) electrons. The van der Waals surface area contributed by atoms with E-state index in [4.69, 9.17) is 0 Å². The van der Waals surface area contributed by atoms with E-state index in [1.807, 2.05) is 0 Å². The van der Waals surface area contributed by atoms with Crippen molar-refractivity contribution < 1.29 is 0 Å². The van der Waals surface area contributed by atoms with Crippen molar-refractivity contribution in [3.8, 4) is 0 Å². The maximum absolute atomic E-state index is 3.43. The van der Waals surface area contributed by atoms with Gasteiger partial charge in [-0.3, -0.25) is 0 Å². The Labute approximate surface area is 82.7 Å². The van der Waals surface area contributed by atoms with E-state index >= 15 is 0 Å². The number of hydrogen-bond donors (Lipinski definition) is 1. The Morgan fingerprint density at radius 3 is 2.69 bits per heavy atom. The second-order valence-corrected chi connectivity index (χ2v) is 4.20. The monoisotopic (exact) mass is 184 g/mol. The van der Waals surface area contributed by atoms with Gasteiger partial charge in [0.25, 0.3) is 0 Å². The highest BCUT2D eigenvalue weighted by molar-refractivity contribution is 4.76. The molecule has 0 bridgehead atoms. The molecule has 0 aromatic carbocycles. The molecule has 2 heteroatoms. The lowest BCUT2D eigenvalue weighted by Crippen LogP contribution is -2.37. The van der Waals surface area contributed by atoms with Crippen LogP contribution >= 0.6 is 0 Å². The van der Waals surface area contributed by atoms with Crippen LogP contribution in [0.2, 0.25) is 0 Å². The van der Waals surface area contributed by atoms with E-state index in [-0.39, 0.29) is 0 Å². The molecule has 0 aromatic rings. The minimum Gasteiger partial charge on any atom is -0.316 e. The zero-order chi connectivity index (χ0) is 9.68. The smallest absolute Gasteiger partial charge is 0.00643 e. The molecule has 0 amide bonds. The molecular weight excluding hydrogens is 160 g/mol. The quantitative estimate of drug-likeness (QED) is 0.700. The van der Waals surface area contributed by atoms with Gasteiger partial charge in [0, 0.05) is 12.6 Å². The van der Waals surface area contributed by atoms with Crippen LogP contribution in [0.4, 0.5) is 0 Å². The van der Waals surface area contributed by atoms with Crippen LogP contribution < -0.4 is 5.32 Å². The summed E-state index contributed by atoms with van der Waals surface area (Å²) in [5, 5.41) is 3.43. The third kappa shape index (κ3) is 3.28. The van der Waals surface area contributed by atoms with Crippen LogP contribution in [0.25, 0.3) is 0 Å². The lowest BCUT2D eigenvalue weighted by atomic mass is 10.1. The maximum Gasteiger partial charge on any atom is 0.00643 e. The molecule has 1 N–H and O–H groups in total. The van der Waals surface area contributed by atoms with Crippen molar-refractivity contribution in [1.29, 1.82) is 0 Å². The summed E-state index contributed by atoms with van der Waals surface area (Å²) in [6, 6.07) is 0.755. The van der Waals surface area contributed by atoms with Crippen molar-refractivity contribution in [2.75, 3.05) is 26.2 Å². The predicted octanol–water partition coefficient (Wildman–Crippen LogP) is 1.72. The van der Waals surface area contributed by atoms with Crippen LogP contribution in [0.1, 0.15) is 33.6 Å². The van der Waals surface area contributed by atoms with Gasteiger partial charge in [-0.05, 0) is 45.3 Å². The largest absolute Gasteiger partial charge is 0.316 e. The Hall–Kier alpha value is -0.0800. The second-order valence-electron chi connectivity index (χ2n) is 4.20. The molecule has 2 nitrogen and oxygen atoms in total. The summed E-state index contributed by atoms with van der Waals surface area (Å²) in [5.41, 5.74) is 0. The molecule has 2 atom stereocenters. The zero-order valence-corrected chi connectivity index (χ0v) is 9.34. The van der Waals surface area contributed by atoms with Gasteiger partial charge in [-0.2, -0.15) is 0 Å². The van der Waals surface area contributed by atoms with Gasteiger partial charge in [-0.25, -0.2) is 0 Å². The summed E-state index contributed by atoms with van der Waals surface area (Å²) in [6.45, 7) is 11.8. The molecule has 0 saturated carbocycles. The molecule has 1 rings (SSSR count). The molecule has 2 unspecified atom stereocenters. The summed E-state index contributed by atoms with van der Waals surface area (Å²) in [4.78, 5) is 2.61. The molecular formula is C11H24N2. The molecule has 1 aliphatic heterocycles. The second kappa shape index (κ2) is 5.61. The van der Waals surface area contributed by atoms with Gasteiger partial charge in [0.1, 0.15) is 0 Å². The van der Waals surface area contributed by atoms with Crippen molar-refractivity contribution in [1.82, 2.24) is 10.2 Å². The van der Waals surface area contributed by atoms with Crippen LogP contribution in [0, 0.1) is 5.92 Å². The Balaban J connectivity index is 2.29. The fourth-order valence-electron chi connectivity index (χ4n) is 2.08. The Bertz CT molecular complexity index is 130. The van der Waals surface area contributed by atoms with Gasteiger partial charge in [0.05, 0.1) is 0 Å². The van der Waals surface area contributed by atoms with E-state index in [1.54, 1.807) is 0 Å². The fourth-order valence-corrected chi connectivity index (χ4v) is 2.08. The first-order valence-corrected chi connectivity index (χ1v) is 5.72. The van der Waals surface area contributed by atoms with E-state index in [0.29, 0.717) is 0 Å². The van der Waals surface area contributed by atoms with Crippen LogP contribution in [-0.2, 0) is 0 Å². The SMILES string of the molecule is CCC(C)N(CC)CC1CCNC1. The lowest BCUT2D eigenvalue weighted by molar-refractivity contribution is 0.186. The minimum atomic E-state index is 0.755. The average Bonchev–Trinajstić information content (AvgIpc) is 2.65. The standard InChI is InChI=1S/C11H24N2/c1-4-10(3)13(5-2)9-11-6-7-12-8-11/h10-12H,4-9H2,1-3H3. The first kappa shape index (κ1) is 11.0. The van der Waals surface area contributed by atoms with Crippen LogP contribution in [-0.4, -0.2) is 37.1 Å². The van der Waals surface area contributed by atoms with Gasteiger partial charge in [0.2, 0.25) is 0 Å². The predicted molar refractivity (Wildman–Crippen MR) is 58.0 cm³/mol. The van der Waals surface area contributed by atoms with Gasteiger partial charge in [-0.1, -0.05) is 13.8 Å². The highest BCUT2D eigenvalue weighted by Crippen LogP contribution is 2.12. The molecule has 13 heavy (non-hydrogen) atoms. The molecule has 0 aliphatic carbocycles. The van der Waals surface area contributed by atoms with Gasteiger partial charge in [0.15, 0.2) is 0 Å². The number of nitrogens with zero attached hydrogens (tertiary/aromatic N) is 1. The third-order valence-electron chi connectivity index (χ3n) is 3.28. The van der Waals surface area contributed by atoms with E-state index in [2.05, 4.69) is 31.0 Å². The van der Waals surface area contributed by atoms with E-state index < -0.39 is 0 Å². The Morgan fingerprint density at radius 2 is 2.23 bits per heavy atom. The van der Waals surface area contributed by atoms with Crippen molar-refractivity contribution in [2.24, 2.45) is 5.92 Å². The summed E-state index contributed by atoms with van der Waals surface area (Å²) < 4.78 is 0. The normalized spacial score (nSPS) is 25.4. The third-order valence-corrected chi connectivity index (χ3v) is 3.28. The van der Waals surface area contributed by atoms with Crippen LogP contribution in [0.5, 0.6) is 0 Å². The van der Waals surface area contributed by atoms with Crippen LogP contribution in [0.3, 0.4) is 0 Å². The molecule has 1 heterocycles. The summed E-state index contributed by atoms with van der Waals surface area (Å²) in [6.07, 6.45) is 2.64.